The van der Waals surface area contributed by atoms with Crippen LogP contribution in [0.5, 0.6) is 11.5 Å². The zero-order valence-corrected chi connectivity index (χ0v) is 21.5. The Balaban J connectivity index is 1.82. The van der Waals surface area contributed by atoms with Crippen molar-refractivity contribution in [1.82, 2.24) is 9.88 Å². The number of ketones is 1. The molecule has 7 nitrogen and oxygen atoms in total. The molecular formula is C30H32N2O5. The van der Waals surface area contributed by atoms with Crippen LogP contribution in [-0.2, 0) is 16.1 Å². The minimum Gasteiger partial charge on any atom is -0.507 e. The summed E-state index contributed by atoms with van der Waals surface area (Å²) in [5.41, 5.74) is 1.70. The molecule has 1 aliphatic heterocycles. The van der Waals surface area contributed by atoms with Crippen LogP contribution in [0.3, 0.4) is 0 Å². The van der Waals surface area contributed by atoms with E-state index < -0.39 is 17.7 Å². The number of hydrogen-bond donors (Lipinski definition) is 1. The van der Waals surface area contributed by atoms with Crippen LogP contribution in [0.4, 0.5) is 0 Å². The third-order valence-corrected chi connectivity index (χ3v) is 5.83. The molecule has 37 heavy (non-hydrogen) atoms. The van der Waals surface area contributed by atoms with Gasteiger partial charge in [0.25, 0.3) is 11.7 Å². The van der Waals surface area contributed by atoms with Crippen molar-refractivity contribution < 1.29 is 24.2 Å². The van der Waals surface area contributed by atoms with Crippen molar-refractivity contribution in [2.45, 2.75) is 46.4 Å². The number of ether oxygens (including phenoxy) is 2. The maximum absolute atomic E-state index is 13.4. The van der Waals surface area contributed by atoms with Gasteiger partial charge in [0, 0.05) is 11.8 Å². The van der Waals surface area contributed by atoms with Crippen molar-refractivity contribution >= 4 is 17.4 Å². The molecule has 2 heterocycles. The number of benzene rings is 2. The third-order valence-electron chi connectivity index (χ3n) is 5.83. The maximum Gasteiger partial charge on any atom is 0.296 e. The van der Waals surface area contributed by atoms with Gasteiger partial charge in [-0.25, -0.2) is 0 Å². The number of carbonyl (C=O) groups excluding carboxylic acids is 2. The number of nitrogens with zero attached hydrogens (tertiary/aromatic N) is 2. The first-order chi connectivity index (χ1) is 17.7. The van der Waals surface area contributed by atoms with Gasteiger partial charge in [-0.2, -0.15) is 0 Å². The van der Waals surface area contributed by atoms with E-state index in [0.29, 0.717) is 40.8 Å². The predicted octanol–water partition coefficient (Wildman–Crippen LogP) is 5.53. The second-order valence-electron chi connectivity index (χ2n) is 9.72. The molecule has 0 bridgehead atoms. The van der Waals surface area contributed by atoms with E-state index >= 15 is 0 Å². The fourth-order valence-corrected chi connectivity index (χ4v) is 4.24. The van der Waals surface area contributed by atoms with Gasteiger partial charge in [0.1, 0.15) is 17.3 Å². The Kier molecular flexibility index (Phi) is 7.92. The molecule has 2 aromatic carbocycles. The number of rotatable bonds is 9. The molecule has 1 saturated heterocycles. The summed E-state index contributed by atoms with van der Waals surface area (Å²) in [5.74, 6) is -0.180. The first-order valence-electron chi connectivity index (χ1n) is 12.4. The van der Waals surface area contributed by atoms with Crippen molar-refractivity contribution in [3.05, 3.63) is 95.3 Å². The van der Waals surface area contributed by atoms with E-state index in [2.05, 4.69) is 18.8 Å². The van der Waals surface area contributed by atoms with Crippen LogP contribution in [0.1, 0.15) is 50.6 Å². The Morgan fingerprint density at radius 3 is 2.43 bits per heavy atom. The Hall–Kier alpha value is -4.13. The standard InChI is InChI=1S/C30H32N2O5/c1-19(2)18-36-24-12-7-9-21(15-24)27-26(28(33)22-10-8-13-25(16-22)37-20(3)4)29(34)30(35)32(27)17-23-11-5-6-14-31-23/h5-16,19-20,27,33H,17-18H2,1-4H3/b28-26-. The van der Waals surface area contributed by atoms with Crippen LogP contribution < -0.4 is 9.47 Å². The molecule has 1 aromatic heterocycles. The highest BCUT2D eigenvalue weighted by Gasteiger charge is 2.46. The lowest BCUT2D eigenvalue weighted by Gasteiger charge is -2.25. The van der Waals surface area contributed by atoms with Crippen LogP contribution in [-0.4, -0.2) is 39.4 Å². The predicted molar refractivity (Wildman–Crippen MR) is 141 cm³/mol. The number of hydrogen-bond acceptors (Lipinski definition) is 6. The van der Waals surface area contributed by atoms with Crippen molar-refractivity contribution in [2.75, 3.05) is 6.61 Å². The SMILES string of the molecule is CC(C)COc1cccc(C2/C(=C(/O)c3cccc(OC(C)C)c3)C(=O)C(=O)N2Cc2ccccn2)c1. The molecule has 7 heteroatoms. The molecule has 1 amide bonds. The van der Waals surface area contributed by atoms with Gasteiger partial charge in [-0.1, -0.05) is 44.2 Å². The fourth-order valence-electron chi connectivity index (χ4n) is 4.24. The largest absolute Gasteiger partial charge is 0.507 e. The Morgan fingerprint density at radius 2 is 1.73 bits per heavy atom. The van der Waals surface area contributed by atoms with E-state index in [4.69, 9.17) is 9.47 Å². The van der Waals surface area contributed by atoms with Gasteiger partial charge >= 0.3 is 0 Å². The third kappa shape index (κ3) is 6.00. The summed E-state index contributed by atoms with van der Waals surface area (Å²) in [5, 5.41) is 11.4. The van der Waals surface area contributed by atoms with Crippen LogP contribution in [0.25, 0.3) is 5.76 Å². The first kappa shape index (κ1) is 25.9. The minimum atomic E-state index is -0.820. The fraction of sp³-hybridized carbons (Fsp3) is 0.300. The van der Waals surface area contributed by atoms with Gasteiger partial charge in [0.15, 0.2) is 0 Å². The van der Waals surface area contributed by atoms with E-state index in [-0.39, 0.29) is 24.0 Å². The molecule has 0 radical (unpaired) electrons. The van der Waals surface area contributed by atoms with Crippen molar-refractivity contribution in [3.8, 4) is 11.5 Å². The Morgan fingerprint density at radius 1 is 0.973 bits per heavy atom. The number of aromatic nitrogens is 1. The quantitative estimate of drug-likeness (QED) is 0.236. The van der Waals surface area contributed by atoms with Gasteiger partial charge in [0.05, 0.1) is 36.6 Å². The second kappa shape index (κ2) is 11.3. The molecule has 1 unspecified atom stereocenters. The van der Waals surface area contributed by atoms with Crippen LogP contribution in [0.15, 0.2) is 78.5 Å². The van der Waals surface area contributed by atoms with E-state index in [1.807, 2.05) is 44.2 Å². The summed E-state index contributed by atoms with van der Waals surface area (Å²) in [6.45, 7) is 8.57. The number of Topliss-reactive ketones (excluding diaryl/α,β-unsaturated/α-hetero) is 1. The molecule has 1 atom stereocenters. The maximum atomic E-state index is 13.4. The lowest BCUT2D eigenvalue weighted by molar-refractivity contribution is -0.140. The number of amides is 1. The Labute approximate surface area is 217 Å². The van der Waals surface area contributed by atoms with Crippen molar-refractivity contribution in [2.24, 2.45) is 5.92 Å². The molecule has 4 rings (SSSR count). The van der Waals surface area contributed by atoms with E-state index in [1.165, 1.54) is 4.90 Å². The lowest BCUT2D eigenvalue weighted by atomic mass is 9.95. The Bertz CT molecular complexity index is 1300. The number of aliphatic hydroxyl groups is 1. The summed E-state index contributed by atoms with van der Waals surface area (Å²) >= 11 is 0. The molecule has 3 aromatic rings. The highest BCUT2D eigenvalue weighted by atomic mass is 16.5. The molecule has 0 spiro atoms. The number of likely N-dealkylation sites (tertiary alicyclic amines) is 1. The van der Waals surface area contributed by atoms with E-state index in [0.717, 1.165) is 0 Å². The number of aliphatic hydroxyl groups excluding tert-OH is 1. The highest BCUT2D eigenvalue weighted by molar-refractivity contribution is 6.46. The van der Waals surface area contributed by atoms with Crippen molar-refractivity contribution in [1.29, 1.82) is 0 Å². The molecule has 192 valence electrons. The summed E-state index contributed by atoms with van der Waals surface area (Å²) in [6.07, 6.45) is 1.58. The molecule has 1 N–H and O–H groups in total. The molecule has 1 fully saturated rings. The topological polar surface area (TPSA) is 89.0 Å². The summed E-state index contributed by atoms with van der Waals surface area (Å²) in [6, 6.07) is 18.8. The zero-order valence-electron chi connectivity index (χ0n) is 21.5. The average molecular weight is 501 g/mol. The highest BCUT2D eigenvalue weighted by Crippen LogP contribution is 2.41. The zero-order chi connectivity index (χ0) is 26.5. The average Bonchev–Trinajstić information content (AvgIpc) is 3.12. The minimum absolute atomic E-state index is 0.0173. The second-order valence-corrected chi connectivity index (χ2v) is 9.72. The lowest BCUT2D eigenvalue weighted by Crippen LogP contribution is -2.29. The van der Waals surface area contributed by atoms with Crippen LogP contribution >= 0.6 is 0 Å². The van der Waals surface area contributed by atoms with Gasteiger partial charge in [-0.05, 0) is 61.7 Å². The summed E-state index contributed by atoms with van der Waals surface area (Å²) in [4.78, 5) is 32.5. The van der Waals surface area contributed by atoms with Crippen LogP contribution in [0.2, 0.25) is 0 Å². The number of pyridine rings is 1. The summed E-state index contributed by atoms with van der Waals surface area (Å²) < 4.78 is 11.7. The van der Waals surface area contributed by atoms with Crippen LogP contribution in [0, 0.1) is 5.92 Å². The molecular weight excluding hydrogens is 468 g/mol. The molecule has 0 saturated carbocycles. The van der Waals surface area contributed by atoms with E-state index in [1.54, 1.807) is 42.6 Å². The number of carbonyl (C=O) groups is 2. The van der Waals surface area contributed by atoms with E-state index in [9.17, 15) is 14.7 Å². The molecule has 0 aliphatic carbocycles. The monoisotopic (exact) mass is 500 g/mol. The summed E-state index contributed by atoms with van der Waals surface area (Å²) in [7, 11) is 0. The van der Waals surface area contributed by atoms with Gasteiger partial charge < -0.3 is 19.5 Å². The van der Waals surface area contributed by atoms with Gasteiger partial charge in [-0.3, -0.25) is 14.6 Å². The van der Waals surface area contributed by atoms with Gasteiger partial charge in [-0.15, -0.1) is 0 Å². The smallest absolute Gasteiger partial charge is 0.296 e. The normalized spacial score (nSPS) is 17.0. The van der Waals surface area contributed by atoms with Crippen molar-refractivity contribution in [3.63, 3.8) is 0 Å². The first-order valence-corrected chi connectivity index (χ1v) is 12.4. The van der Waals surface area contributed by atoms with Gasteiger partial charge in [0.2, 0.25) is 0 Å². The molecule has 1 aliphatic rings.